The first-order valence-electron chi connectivity index (χ1n) is 6.75. The molecule has 2 nitrogen and oxygen atoms in total. The second-order valence-corrected chi connectivity index (χ2v) is 5.90. The van der Waals surface area contributed by atoms with Crippen molar-refractivity contribution in [1.29, 1.82) is 0 Å². The molecule has 0 heterocycles. The third-order valence-corrected chi connectivity index (χ3v) is 3.75. The topological polar surface area (TPSA) is 21.3 Å². The molecule has 0 saturated heterocycles. The average Bonchev–Trinajstić information content (AvgIpc) is 2.36. The third-order valence-electron chi connectivity index (χ3n) is 3.13. The van der Waals surface area contributed by atoms with E-state index in [1.54, 1.807) is 13.2 Å². The maximum Gasteiger partial charge on any atom is 0.138 e. The number of methoxy groups -OCH3 is 1. The van der Waals surface area contributed by atoms with Gasteiger partial charge in [0.2, 0.25) is 0 Å². The lowest BCUT2D eigenvalue weighted by Crippen LogP contribution is -2.21. The Morgan fingerprint density at radius 3 is 2.37 bits per heavy atom. The number of nitrogens with one attached hydrogen (secondary N) is 1. The van der Waals surface area contributed by atoms with Crippen LogP contribution in [0.5, 0.6) is 5.75 Å². The van der Waals surface area contributed by atoms with Crippen molar-refractivity contribution >= 4 is 23.2 Å². The smallest absolute Gasteiger partial charge is 0.138 e. The zero-order chi connectivity index (χ0) is 14.4. The van der Waals surface area contributed by atoms with Crippen molar-refractivity contribution in [2.45, 2.75) is 39.7 Å². The Balaban J connectivity index is 2.98. The van der Waals surface area contributed by atoms with E-state index in [1.807, 2.05) is 6.07 Å². The molecule has 0 bridgehead atoms. The zero-order valence-corrected chi connectivity index (χ0v) is 13.6. The van der Waals surface area contributed by atoms with E-state index in [4.69, 9.17) is 27.9 Å². The van der Waals surface area contributed by atoms with E-state index in [9.17, 15) is 0 Å². The van der Waals surface area contributed by atoms with Gasteiger partial charge in [-0.2, -0.15) is 0 Å². The summed E-state index contributed by atoms with van der Waals surface area (Å²) < 4.78 is 5.18. The normalized spacial score (nSPS) is 12.8. The molecule has 1 aromatic carbocycles. The summed E-state index contributed by atoms with van der Waals surface area (Å²) in [5.41, 5.74) is 1.05. The third kappa shape index (κ3) is 4.87. The summed E-state index contributed by atoms with van der Waals surface area (Å²) in [7, 11) is 1.59. The predicted molar refractivity (Wildman–Crippen MR) is 83.5 cm³/mol. The van der Waals surface area contributed by atoms with Crippen LogP contribution in [0.1, 0.15) is 45.2 Å². The lowest BCUT2D eigenvalue weighted by atomic mass is 9.97. The molecule has 4 heteroatoms. The number of ether oxygens (including phenoxy) is 1. The summed E-state index contributed by atoms with van der Waals surface area (Å²) in [4.78, 5) is 0. The van der Waals surface area contributed by atoms with Crippen molar-refractivity contribution in [2.24, 2.45) is 5.92 Å². The van der Waals surface area contributed by atoms with Gasteiger partial charge in [0.15, 0.2) is 0 Å². The second kappa shape index (κ2) is 7.98. The van der Waals surface area contributed by atoms with Gasteiger partial charge in [0.25, 0.3) is 0 Å². The summed E-state index contributed by atoms with van der Waals surface area (Å²) in [6.45, 7) is 7.46. The number of rotatable bonds is 7. The number of hydrogen-bond donors (Lipinski definition) is 1. The molecular weight excluding hydrogens is 281 g/mol. The molecule has 0 amide bonds. The van der Waals surface area contributed by atoms with Crippen LogP contribution in [-0.4, -0.2) is 13.7 Å². The Labute approximate surface area is 126 Å². The fourth-order valence-corrected chi connectivity index (χ4v) is 2.62. The number of benzene rings is 1. The van der Waals surface area contributed by atoms with Crippen LogP contribution in [0.4, 0.5) is 0 Å². The number of halogens is 2. The van der Waals surface area contributed by atoms with Crippen molar-refractivity contribution in [1.82, 2.24) is 5.32 Å². The van der Waals surface area contributed by atoms with Crippen LogP contribution in [0.2, 0.25) is 10.0 Å². The van der Waals surface area contributed by atoms with Gasteiger partial charge in [0, 0.05) is 17.1 Å². The summed E-state index contributed by atoms with van der Waals surface area (Å²) in [6.07, 6.45) is 2.20. The van der Waals surface area contributed by atoms with Crippen LogP contribution in [0.25, 0.3) is 0 Å². The Bertz CT molecular complexity index is 407. The first-order valence-corrected chi connectivity index (χ1v) is 7.51. The summed E-state index contributed by atoms with van der Waals surface area (Å²) >= 11 is 12.5. The lowest BCUT2D eigenvalue weighted by molar-refractivity contribution is 0.413. The monoisotopic (exact) mass is 303 g/mol. The van der Waals surface area contributed by atoms with Gasteiger partial charge in [-0.1, -0.05) is 44.0 Å². The van der Waals surface area contributed by atoms with Crippen LogP contribution < -0.4 is 10.1 Å². The molecule has 0 aromatic heterocycles. The highest BCUT2D eigenvalue weighted by molar-refractivity contribution is 6.34. The molecular formula is C15H23Cl2NO. The van der Waals surface area contributed by atoms with Gasteiger partial charge in [-0.3, -0.25) is 0 Å². The van der Waals surface area contributed by atoms with Gasteiger partial charge in [0.05, 0.1) is 12.1 Å². The van der Waals surface area contributed by atoms with Crippen molar-refractivity contribution in [3.05, 3.63) is 27.7 Å². The molecule has 1 N–H and O–H groups in total. The highest BCUT2D eigenvalue weighted by Gasteiger charge is 2.17. The van der Waals surface area contributed by atoms with Gasteiger partial charge in [-0.15, -0.1) is 0 Å². The Morgan fingerprint density at radius 1 is 1.16 bits per heavy atom. The van der Waals surface area contributed by atoms with Gasteiger partial charge < -0.3 is 10.1 Å². The number of hydrogen-bond acceptors (Lipinski definition) is 2. The van der Waals surface area contributed by atoms with E-state index in [-0.39, 0.29) is 6.04 Å². The lowest BCUT2D eigenvalue weighted by Gasteiger charge is -2.21. The zero-order valence-electron chi connectivity index (χ0n) is 12.1. The maximum atomic E-state index is 6.35. The van der Waals surface area contributed by atoms with Gasteiger partial charge in [0.1, 0.15) is 5.75 Å². The van der Waals surface area contributed by atoms with Gasteiger partial charge in [-0.05, 0) is 36.9 Å². The minimum atomic E-state index is 0.239. The minimum Gasteiger partial charge on any atom is -0.495 e. The molecule has 1 unspecified atom stereocenters. The predicted octanol–water partition coefficient (Wildman–Crippen LogP) is 5.09. The SMILES string of the molecule is CCNC(CCC(C)C)c1cc(Cl)c(OC)cc1Cl. The average molecular weight is 304 g/mol. The molecule has 0 aliphatic rings. The summed E-state index contributed by atoms with van der Waals surface area (Å²) in [5, 5.41) is 4.79. The quantitative estimate of drug-likeness (QED) is 0.757. The summed E-state index contributed by atoms with van der Waals surface area (Å²) in [5.74, 6) is 1.29. The van der Waals surface area contributed by atoms with Crippen LogP contribution in [0.15, 0.2) is 12.1 Å². The standard InChI is InChI=1S/C15H23Cl2NO/c1-5-18-14(7-6-10(2)3)11-8-13(17)15(19-4)9-12(11)16/h8-10,14,18H,5-7H2,1-4H3. The van der Waals surface area contributed by atoms with Gasteiger partial charge >= 0.3 is 0 Å². The van der Waals surface area contributed by atoms with Crippen LogP contribution >= 0.6 is 23.2 Å². The Hall–Kier alpha value is -0.440. The van der Waals surface area contributed by atoms with Crippen LogP contribution in [-0.2, 0) is 0 Å². The van der Waals surface area contributed by atoms with E-state index in [1.165, 1.54) is 0 Å². The fourth-order valence-electron chi connectivity index (χ4n) is 2.08. The van der Waals surface area contributed by atoms with E-state index < -0.39 is 0 Å². The Kier molecular flexibility index (Phi) is 6.98. The molecule has 19 heavy (non-hydrogen) atoms. The van der Waals surface area contributed by atoms with Crippen molar-refractivity contribution in [3.8, 4) is 5.75 Å². The molecule has 0 fully saturated rings. The van der Waals surface area contributed by atoms with E-state index >= 15 is 0 Å². The molecule has 108 valence electrons. The van der Waals surface area contributed by atoms with Crippen molar-refractivity contribution in [3.63, 3.8) is 0 Å². The second-order valence-electron chi connectivity index (χ2n) is 5.09. The molecule has 0 spiro atoms. The Morgan fingerprint density at radius 2 is 1.84 bits per heavy atom. The minimum absolute atomic E-state index is 0.239. The van der Waals surface area contributed by atoms with E-state index in [0.717, 1.165) is 24.9 Å². The maximum absolute atomic E-state index is 6.35. The molecule has 0 aliphatic heterocycles. The molecule has 0 saturated carbocycles. The summed E-state index contributed by atoms with van der Waals surface area (Å²) in [6, 6.07) is 3.94. The molecule has 0 aliphatic carbocycles. The highest BCUT2D eigenvalue weighted by atomic mass is 35.5. The largest absolute Gasteiger partial charge is 0.495 e. The fraction of sp³-hybridized carbons (Fsp3) is 0.600. The molecule has 1 rings (SSSR count). The van der Waals surface area contributed by atoms with Crippen molar-refractivity contribution < 1.29 is 4.74 Å². The first kappa shape index (κ1) is 16.6. The molecule has 1 aromatic rings. The van der Waals surface area contributed by atoms with Crippen LogP contribution in [0.3, 0.4) is 0 Å². The molecule has 0 radical (unpaired) electrons. The van der Waals surface area contributed by atoms with Gasteiger partial charge in [-0.25, -0.2) is 0 Å². The van der Waals surface area contributed by atoms with Crippen LogP contribution in [0, 0.1) is 5.92 Å². The van der Waals surface area contributed by atoms with E-state index in [2.05, 4.69) is 26.1 Å². The van der Waals surface area contributed by atoms with Crippen molar-refractivity contribution in [2.75, 3.05) is 13.7 Å². The first-order chi connectivity index (χ1) is 8.99. The molecule has 1 atom stereocenters. The highest BCUT2D eigenvalue weighted by Crippen LogP contribution is 2.35. The van der Waals surface area contributed by atoms with E-state index in [0.29, 0.717) is 21.7 Å².